The molecule has 0 N–H and O–H groups in total. The molecule has 0 radical (unpaired) electrons. The van der Waals surface area contributed by atoms with Gasteiger partial charge >= 0.3 is 0 Å². The maximum atomic E-state index is 11.7. The Hall–Kier alpha value is -1.05. The van der Waals surface area contributed by atoms with E-state index in [1.807, 2.05) is 0 Å². The Kier molecular flexibility index (Phi) is 3.41. The minimum Gasteiger partial charge on any atom is -0.469 e. The van der Waals surface area contributed by atoms with E-state index in [4.69, 9.17) is 4.42 Å². The summed E-state index contributed by atoms with van der Waals surface area (Å²) < 4.78 is 5.71. The van der Waals surface area contributed by atoms with Gasteiger partial charge in [-0.15, -0.1) is 0 Å². The maximum absolute atomic E-state index is 11.7. The number of Topliss-reactive ketones (excluding diaryl/α,β-unsaturated/α-hetero) is 1. The second-order valence-electron chi connectivity index (χ2n) is 5.69. The molecule has 1 saturated carbocycles. The number of hydrogen-bond donors (Lipinski definition) is 0. The predicted molar refractivity (Wildman–Crippen MR) is 68.1 cm³/mol. The molecule has 0 aliphatic heterocycles. The van der Waals surface area contributed by atoms with Gasteiger partial charge in [-0.2, -0.15) is 0 Å². The summed E-state index contributed by atoms with van der Waals surface area (Å²) in [6.45, 7) is 8.31. The van der Waals surface area contributed by atoms with Crippen LogP contribution in [0, 0.1) is 11.8 Å². The third-order valence-corrected chi connectivity index (χ3v) is 4.15. The van der Waals surface area contributed by atoms with Crippen molar-refractivity contribution in [2.75, 3.05) is 0 Å². The largest absolute Gasteiger partial charge is 0.469 e. The molecular weight excluding hydrogens is 212 g/mol. The molecule has 0 amide bonds. The zero-order valence-electron chi connectivity index (χ0n) is 11.2. The molecule has 1 aromatic rings. The Balaban J connectivity index is 2.36. The second-order valence-corrected chi connectivity index (χ2v) is 5.69. The highest BCUT2D eigenvalue weighted by molar-refractivity contribution is 5.79. The molecule has 17 heavy (non-hydrogen) atoms. The third kappa shape index (κ3) is 2.18. The monoisotopic (exact) mass is 234 g/mol. The van der Waals surface area contributed by atoms with Crippen molar-refractivity contribution in [1.82, 2.24) is 0 Å². The summed E-state index contributed by atoms with van der Waals surface area (Å²) in [6.07, 6.45) is 3.92. The van der Waals surface area contributed by atoms with Crippen molar-refractivity contribution < 1.29 is 9.21 Å². The summed E-state index contributed by atoms with van der Waals surface area (Å²) >= 11 is 0. The van der Waals surface area contributed by atoms with Gasteiger partial charge in [-0.05, 0) is 43.2 Å². The Labute approximate surface area is 103 Å². The molecule has 1 fully saturated rings. The molecule has 1 aliphatic rings. The SMILES string of the molecule is CC(=O)[C@@H]1CC[C@@H](C)[C@H]1c1occc1C(C)C. The topological polar surface area (TPSA) is 30.2 Å². The Morgan fingerprint density at radius 3 is 2.71 bits per heavy atom. The highest BCUT2D eigenvalue weighted by atomic mass is 16.3. The summed E-state index contributed by atoms with van der Waals surface area (Å²) in [5.41, 5.74) is 1.27. The van der Waals surface area contributed by atoms with Gasteiger partial charge in [0.05, 0.1) is 6.26 Å². The van der Waals surface area contributed by atoms with Crippen molar-refractivity contribution in [2.45, 2.75) is 52.4 Å². The molecule has 1 heterocycles. The van der Waals surface area contributed by atoms with Gasteiger partial charge in [-0.25, -0.2) is 0 Å². The molecule has 1 aliphatic carbocycles. The molecule has 0 spiro atoms. The number of ketones is 1. The van der Waals surface area contributed by atoms with E-state index in [0.717, 1.165) is 18.6 Å². The minimum atomic E-state index is 0.161. The van der Waals surface area contributed by atoms with Crippen LogP contribution >= 0.6 is 0 Å². The summed E-state index contributed by atoms with van der Waals surface area (Å²) in [5.74, 6) is 2.83. The lowest BCUT2D eigenvalue weighted by Crippen LogP contribution is -2.18. The molecule has 0 bridgehead atoms. The highest BCUT2D eigenvalue weighted by Gasteiger charge is 2.40. The van der Waals surface area contributed by atoms with Crippen LogP contribution < -0.4 is 0 Å². The first kappa shape index (κ1) is 12.4. The highest BCUT2D eigenvalue weighted by Crippen LogP contribution is 2.46. The molecular formula is C15H22O2. The second kappa shape index (κ2) is 4.67. The van der Waals surface area contributed by atoms with Gasteiger partial charge in [-0.1, -0.05) is 20.8 Å². The van der Waals surface area contributed by atoms with Crippen LogP contribution in [0.25, 0.3) is 0 Å². The first-order chi connectivity index (χ1) is 8.02. The fraction of sp³-hybridized carbons (Fsp3) is 0.667. The van der Waals surface area contributed by atoms with Crippen LogP contribution in [0.3, 0.4) is 0 Å². The lowest BCUT2D eigenvalue weighted by atomic mass is 9.83. The van der Waals surface area contributed by atoms with Gasteiger partial charge in [0.1, 0.15) is 11.5 Å². The predicted octanol–water partition coefficient (Wildman–Crippen LogP) is 4.12. The molecule has 2 heteroatoms. The number of hydrogen-bond acceptors (Lipinski definition) is 2. The molecule has 0 saturated heterocycles. The maximum Gasteiger partial charge on any atom is 0.133 e. The fourth-order valence-electron chi connectivity index (χ4n) is 3.17. The van der Waals surface area contributed by atoms with Crippen molar-refractivity contribution in [3.05, 3.63) is 23.7 Å². The normalized spacial score (nSPS) is 28.9. The molecule has 2 rings (SSSR count). The van der Waals surface area contributed by atoms with E-state index < -0.39 is 0 Å². The van der Waals surface area contributed by atoms with E-state index in [0.29, 0.717) is 23.5 Å². The average Bonchev–Trinajstić information content (AvgIpc) is 2.82. The lowest BCUT2D eigenvalue weighted by Gasteiger charge is -2.21. The number of furan rings is 1. The van der Waals surface area contributed by atoms with Gasteiger partial charge < -0.3 is 4.42 Å². The summed E-state index contributed by atoms with van der Waals surface area (Å²) in [7, 11) is 0. The third-order valence-electron chi connectivity index (χ3n) is 4.15. The minimum absolute atomic E-state index is 0.161. The van der Waals surface area contributed by atoms with Crippen LogP contribution in [-0.2, 0) is 4.79 Å². The van der Waals surface area contributed by atoms with Gasteiger partial charge in [0.25, 0.3) is 0 Å². The van der Waals surface area contributed by atoms with Crippen molar-refractivity contribution in [3.8, 4) is 0 Å². The number of carbonyl (C=O) groups excluding carboxylic acids is 1. The quantitative estimate of drug-likeness (QED) is 0.787. The summed E-state index contributed by atoms with van der Waals surface area (Å²) in [5, 5.41) is 0. The van der Waals surface area contributed by atoms with E-state index in [9.17, 15) is 4.79 Å². The molecule has 94 valence electrons. The van der Waals surface area contributed by atoms with Crippen LogP contribution in [-0.4, -0.2) is 5.78 Å². The van der Waals surface area contributed by atoms with Gasteiger partial charge in [0.2, 0.25) is 0 Å². The molecule has 1 aromatic heterocycles. The van der Waals surface area contributed by atoms with Crippen molar-refractivity contribution in [2.24, 2.45) is 11.8 Å². The van der Waals surface area contributed by atoms with E-state index in [-0.39, 0.29) is 5.92 Å². The smallest absolute Gasteiger partial charge is 0.133 e. The molecule has 0 unspecified atom stereocenters. The zero-order chi connectivity index (χ0) is 12.6. The van der Waals surface area contributed by atoms with Crippen LogP contribution in [0.2, 0.25) is 0 Å². The standard InChI is InChI=1S/C15H22O2/c1-9(2)12-7-8-17-15(12)14-10(3)5-6-13(14)11(4)16/h7-10,13-14H,5-6H2,1-4H3/t10-,13+,14-/m1/s1. The Morgan fingerprint density at radius 2 is 2.12 bits per heavy atom. The Morgan fingerprint density at radius 1 is 1.41 bits per heavy atom. The summed E-state index contributed by atoms with van der Waals surface area (Å²) in [4.78, 5) is 11.7. The molecule has 0 aromatic carbocycles. The lowest BCUT2D eigenvalue weighted by molar-refractivity contribution is -0.121. The van der Waals surface area contributed by atoms with Gasteiger partial charge in [-0.3, -0.25) is 4.79 Å². The van der Waals surface area contributed by atoms with Gasteiger partial charge in [0.15, 0.2) is 0 Å². The van der Waals surface area contributed by atoms with E-state index in [1.165, 1.54) is 5.56 Å². The van der Waals surface area contributed by atoms with Crippen LogP contribution in [0.1, 0.15) is 63.7 Å². The van der Waals surface area contributed by atoms with Crippen LogP contribution in [0.5, 0.6) is 0 Å². The van der Waals surface area contributed by atoms with Crippen molar-refractivity contribution in [3.63, 3.8) is 0 Å². The Bertz CT molecular complexity index is 403. The first-order valence-electron chi connectivity index (χ1n) is 6.60. The zero-order valence-corrected chi connectivity index (χ0v) is 11.2. The van der Waals surface area contributed by atoms with Crippen LogP contribution in [0.15, 0.2) is 16.7 Å². The average molecular weight is 234 g/mol. The number of carbonyl (C=O) groups is 1. The molecule has 2 nitrogen and oxygen atoms in total. The van der Waals surface area contributed by atoms with Gasteiger partial charge in [0, 0.05) is 11.8 Å². The number of rotatable bonds is 3. The molecule has 3 atom stereocenters. The van der Waals surface area contributed by atoms with E-state index >= 15 is 0 Å². The van der Waals surface area contributed by atoms with Crippen molar-refractivity contribution in [1.29, 1.82) is 0 Å². The fourth-order valence-corrected chi connectivity index (χ4v) is 3.17. The summed E-state index contributed by atoms with van der Waals surface area (Å²) in [6, 6.07) is 2.06. The first-order valence-corrected chi connectivity index (χ1v) is 6.60. The van der Waals surface area contributed by atoms with E-state index in [2.05, 4.69) is 26.8 Å². The van der Waals surface area contributed by atoms with E-state index in [1.54, 1.807) is 13.2 Å². The van der Waals surface area contributed by atoms with Crippen LogP contribution in [0.4, 0.5) is 0 Å². The van der Waals surface area contributed by atoms with Crippen molar-refractivity contribution >= 4 is 5.78 Å².